The Morgan fingerprint density at radius 3 is 2.00 bits per heavy atom. The molecule has 9 heteroatoms. The molecule has 3 aromatic rings. The fourth-order valence-corrected chi connectivity index (χ4v) is 3.56. The highest BCUT2D eigenvalue weighted by atomic mass is 35.5. The normalized spacial score (nSPS) is 11.7. The van der Waals surface area contributed by atoms with Gasteiger partial charge in [-0.2, -0.15) is 0 Å². The zero-order valence-corrected chi connectivity index (χ0v) is 16.1. The Morgan fingerprint density at radius 2 is 1.50 bits per heavy atom. The van der Waals surface area contributed by atoms with Gasteiger partial charge in [-0.1, -0.05) is 48.0 Å². The Balaban J connectivity index is 1.87. The van der Waals surface area contributed by atoms with E-state index in [1.165, 1.54) is 18.2 Å². The zero-order valence-electron chi connectivity index (χ0n) is 14.5. The molecule has 0 heterocycles. The number of hydrogen-bond acceptors (Lipinski definition) is 3. The van der Waals surface area contributed by atoms with Gasteiger partial charge in [-0.25, -0.2) is 8.96 Å². The molecule has 0 aliphatic heterocycles. The molecule has 28 heavy (non-hydrogen) atoms. The Bertz CT molecular complexity index is 974. The van der Waals surface area contributed by atoms with E-state index in [9.17, 15) is 8.96 Å². The van der Waals surface area contributed by atoms with Crippen LogP contribution in [0.1, 0.15) is 0 Å². The summed E-state index contributed by atoms with van der Waals surface area (Å²) in [4.78, 5) is 0. The summed E-state index contributed by atoms with van der Waals surface area (Å²) in [7, 11) is -4.08. The Hall–Kier alpha value is -3.02. The van der Waals surface area contributed by atoms with Crippen molar-refractivity contribution < 1.29 is 18.0 Å². The fourth-order valence-electron chi connectivity index (χ4n) is 2.17. The third-order valence-electron chi connectivity index (χ3n) is 3.35. The minimum Gasteiger partial charge on any atom is -0.399 e. The lowest BCUT2D eigenvalue weighted by Crippen LogP contribution is -2.23. The van der Waals surface area contributed by atoms with Crippen LogP contribution in [-0.2, 0) is 4.57 Å². The van der Waals surface area contributed by atoms with E-state index in [2.05, 4.69) is 10.1 Å². The van der Waals surface area contributed by atoms with Crippen molar-refractivity contribution in [2.75, 3.05) is 5.32 Å². The molecule has 0 spiro atoms. The second kappa shape index (κ2) is 8.78. The van der Waals surface area contributed by atoms with Gasteiger partial charge in [0.05, 0.1) is 5.02 Å². The van der Waals surface area contributed by atoms with Crippen LogP contribution in [0.15, 0.2) is 83.6 Å². The van der Waals surface area contributed by atoms with Crippen molar-refractivity contribution in [3.8, 4) is 11.5 Å². The molecule has 0 aliphatic rings. The van der Waals surface area contributed by atoms with E-state index >= 15 is 0 Å². The van der Waals surface area contributed by atoms with Crippen LogP contribution in [0, 0.1) is 5.82 Å². The van der Waals surface area contributed by atoms with Crippen LogP contribution in [0.4, 0.5) is 10.1 Å². The van der Waals surface area contributed by atoms with Gasteiger partial charge in [0.25, 0.3) is 0 Å². The van der Waals surface area contributed by atoms with Crippen LogP contribution in [0.5, 0.6) is 11.5 Å². The first-order chi connectivity index (χ1) is 13.4. The molecule has 3 aromatic carbocycles. The smallest absolute Gasteiger partial charge is 0.399 e. The van der Waals surface area contributed by atoms with E-state index < -0.39 is 13.6 Å². The Labute approximate surface area is 166 Å². The third kappa shape index (κ3) is 5.49. The quantitative estimate of drug-likeness (QED) is 0.314. The highest BCUT2D eigenvalue weighted by Crippen LogP contribution is 2.49. The number of halogens is 2. The number of guanidine groups is 1. The number of nitrogens with zero attached hydrogens (tertiary/aromatic N) is 1. The van der Waals surface area contributed by atoms with Gasteiger partial charge in [0.2, 0.25) is 5.96 Å². The van der Waals surface area contributed by atoms with E-state index in [0.717, 1.165) is 0 Å². The molecule has 0 unspecified atom stereocenters. The molecule has 0 saturated heterocycles. The predicted molar refractivity (Wildman–Crippen MR) is 108 cm³/mol. The predicted octanol–water partition coefficient (Wildman–Crippen LogP) is 5.47. The van der Waals surface area contributed by atoms with E-state index in [0.29, 0.717) is 17.2 Å². The van der Waals surface area contributed by atoms with Gasteiger partial charge in [0.15, 0.2) is 0 Å². The molecule has 6 nitrogen and oxygen atoms in total. The number of hydrogen-bond donors (Lipinski definition) is 2. The lowest BCUT2D eigenvalue weighted by Gasteiger charge is -2.16. The van der Waals surface area contributed by atoms with Gasteiger partial charge >= 0.3 is 7.75 Å². The summed E-state index contributed by atoms with van der Waals surface area (Å²) >= 11 is 5.75. The van der Waals surface area contributed by atoms with Crippen LogP contribution < -0.4 is 20.1 Å². The average molecular weight is 420 g/mol. The van der Waals surface area contributed by atoms with E-state index in [-0.39, 0.29) is 11.0 Å². The van der Waals surface area contributed by atoms with Crippen LogP contribution in [0.2, 0.25) is 5.02 Å². The number of nitrogens with two attached hydrogens (primary N) is 1. The summed E-state index contributed by atoms with van der Waals surface area (Å²) in [5, 5.41) is 2.59. The van der Waals surface area contributed by atoms with Crippen molar-refractivity contribution in [2.45, 2.75) is 0 Å². The van der Waals surface area contributed by atoms with Gasteiger partial charge in [0.1, 0.15) is 17.3 Å². The molecule has 0 amide bonds. The monoisotopic (exact) mass is 419 g/mol. The molecular formula is C19H16ClFN3O3P. The molecule has 144 valence electrons. The van der Waals surface area contributed by atoms with Gasteiger partial charge in [-0.15, -0.1) is 4.76 Å². The summed E-state index contributed by atoms with van der Waals surface area (Å²) in [6.07, 6.45) is 0. The number of anilines is 1. The number of nitrogens with one attached hydrogen (secondary N) is 1. The third-order valence-corrected chi connectivity index (χ3v) is 4.98. The van der Waals surface area contributed by atoms with Gasteiger partial charge in [-0.3, -0.25) is 0 Å². The standard InChI is InChI=1S/C19H16ClFN3O3P/c20-17-13-14(11-12-18(17)21)23-19(22)24-28(25,26-15-7-3-1-4-8-15)27-16-9-5-2-6-10-16/h1-13H,(H3,22,23,24,25). The molecular weight excluding hydrogens is 404 g/mol. The first-order valence-corrected chi connectivity index (χ1v) is 9.98. The van der Waals surface area contributed by atoms with Crippen molar-refractivity contribution in [1.29, 1.82) is 0 Å². The maximum atomic E-state index is 13.3. The van der Waals surface area contributed by atoms with Gasteiger partial charge in [-0.05, 0) is 42.5 Å². The molecule has 0 saturated carbocycles. The average Bonchev–Trinajstić information content (AvgIpc) is 2.66. The minimum absolute atomic E-state index is 0.0953. The van der Waals surface area contributed by atoms with Crippen LogP contribution in [0.3, 0.4) is 0 Å². The lowest BCUT2D eigenvalue weighted by atomic mass is 10.3. The number of benzene rings is 3. The van der Waals surface area contributed by atoms with Crippen molar-refractivity contribution in [3.05, 3.63) is 89.7 Å². The van der Waals surface area contributed by atoms with Crippen LogP contribution in [0.25, 0.3) is 0 Å². The molecule has 0 aromatic heterocycles. The van der Waals surface area contributed by atoms with Crippen LogP contribution in [-0.4, -0.2) is 5.96 Å². The molecule has 3 rings (SSSR count). The molecule has 0 atom stereocenters. The lowest BCUT2D eigenvalue weighted by molar-refractivity contribution is 0.388. The van der Waals surface area contributed by atoms with Gasteiger partial charge < -0.3 is 20.1 Å². The molecule has 0 aliphatic carbocycles. The van der Waals surface area contributed by atoms with Crippen molar-refractivity contribution >= 4 is 31.0 Å². The largest absolute Gasteiger partial charge is 0.566 e. The highest BCUT2D eigenvalue weighted by molar-refractivity contribution is 7.53. The zero-order chi connectivity index (χ0) is 20.0. The highest BCUT2D eigenvalue weighted by Gasteiger charge is 2.29. The SMILES string of the molecule is N/C(=N\P(=O)(Oc1ccccc1)Oc1ccccc1)Nc1ccc(F)c(Cl)c1. The summed E-state index contributed by atoms with van der Waals surface area (Å²) in [5.74, 6) is -0.239. The molecule has 3 N–H and O–H groups in total. The Morgan fingerprint density at radius 1 is 0.964 bits per heavy atom. The van der Waals surface area contributed by atoms with Crippen LogP contribution >= 0.6 is 19.3 Å². The van der Waals surface area contributed by atoms with Gasteiger partial charge in [0, 0.05) is 5.69 Å². The number of rotatable bonds is 6. The fraction of sp³-hybridized carbons (Fsp3) is 0. The maximum absolute atomic E-state index is 13.3. The molecule has 0 radical (unpaired) electrons. The minimum atomic E-state index is -4.08. The first kappa shape index (κ1) is 19.7. The molecule has 0 fully saturated rings. The second-order valence-corrected chi connectivity index (χ2v) is 7.43. The summed E-state index contributed by atoms with van der Waals surface area (Å²) < 4.78 is 41.4. The molecule has 0 bridgehead atoms. The number of para-hydroxylation sites is 2. The van der Waals surface area contributed by atoms with E-state index in [1.807, 2.05) is 0 Å². The van der Waals surface area contributed by atoms with E-state index in [1.54, 1.807) is 60.7 Å². The van der Waals surface area contributed by atoms with Crippen molar-refractivity contribution in [2.24, 2.45) is 10.5 Å². The Kier molecular flexibility index (Phi) is 6.19. The summed E-state index contributed by atoms with van der Waals surface area (Å²) in [6, 6.07) is 20.8. The maximum Gasteiger partial charge on any atom is 0.566 e. The van der Waals surface area contributed by atoms with Crippen molar-refractivity contribution in [1.82, 2.24) is 0 Å². The summed E-state index contributed by atoms with van der Waals surface area (Å²) in [6.45, 7) is 0. The first-order valence-electron chi connectivity index (χ1n) is 8.11. The topological polar surface area (TPSA) is 85.9 Å². The van der Waals surface area contributed by atoms with E-state index in [4.69, 9.17) is 26.4 Å². The second-order valence-electron chi connectivity index (χ2n) is 5.52. The summed E-state index contributed by atoms with van der Waals surface area (Å²) in [5.41, 5.74) is 6.22. The van der Waals surface area contributed by atoms with Crippen molar-refractivity contribution in [3.63, 3.8) is 0 Å².